The van der Waals surface area contributed by atoms with E-state index in [4.69, 9.17) is 4.42 Å². The summed E-state index contributed by atoms with van der Waals surface area (Å²) < 4.78 is 7.59. The van der Waals surface area contributed by atoms with Crippen molar-refractivity contribution in [1.82, 2.24) is 19.4 Å². The van der Waals surface area contributed by atoms with Gasteiger partial charge in [0.05, 0.1) is 17.1 Å². The Balaban J connectivity index is 1.60. The Bertz CT molecular complexity index is 1220. The minimum Gasteiger partial charge on any atom is -0.444 e. The standard InChI is InChI=1S/C24H25N5O2/c1-4-15(2)20-12-28(14-26-20)22-10-21-18-6-5-7-19(24-27-16(3)13-31-24)17(18)8-9-29(21)23(30)11-25-22/h5-7,10,12-15H,4,8-9,11H2,1-3H3. The highest BCUT2D eigenvalue weighted by molar-refractivity contribution is 6.06. The number of aliphatic imine (C=N–C) groups is 1. The lowest BCUT2D eigenvalue weighted by Crippen LogP contribution is -2.36. The lowest BCUT2D eigenvalue weighted by molar-refractivity contribution is -0.126. The van der Waals surface area contributed by atoms with Gasteiger partial charge in [0, 0.05) is 29.9 Å². The minimum absolute atomic E-state index is 0.00605. The van der Waals surface area contributed by atoms with E-state index >= 15 is 0 Å². The van der Waals surface area contributed by atoms with Gasteiger partial charge in [-0.3, -0.25) is 14.4 Å². The Hall–Kier alpha value is -3.48. The number of aromatic nitrogens is 3. The molecule has 0 aliphatic carbocycles. The van der Waals surface area contributed by atoms with Crippen LogP contribution in [0.4, 0.5) is 0 Å². The maximum atomic E-state index is 12.9. The predicted molar refractivity (Wildman–Crippen MR) is 119 cm³/mol. The SMILES string of the molecule is CCC(C)c1cn(C2=NCC(=O)N3CCc4c(cccc4-c4nc(C)co4)C3=C2)cn1. The Kier molecular flexibility index (Phi) is 4.81. The van der Waals surface area contributed by atoms with Gasteiger partial charge in [0.15, 0.2) is 0 Å². The van der Waals surface area contributed by atoms with Crippen molar-refractivity contribution in [2.45, 2.75) is 39.5 Å². The maximum Gasteiger partial charge on any atom is 0.248 e. The van der Waals surface area contributed by atoms with Crippen LogP contribution in [0.3, 0.4) is 0 Å². The number of allylic oxidation sites excluding steroid dienone is 1. The van der Waals surface area contributed by atoms with Gasteiger partial charge in [-0.05, 0) is 37.3 Å². The number of benzene rings is 1. The molecule has 2 aliphatic rings. The fourth-order valence-electron chi connectivity index (χ4n) is 4.16. The van der Waals surface area contributed by atoms with Gasteiger partial charge >= 0.3 is 0 Å². The molecule has 0 bridgehead atoms. The number of hydrogen-bond donors (Lipinski definition) is 0. The van der Waals surface area contributed by atoms with Gasteiger partial charge in [-0.1, -0.05) is 26.0 Å². The van der Waals surface area contributed by atoms with E-state index in [-0.39, 0.29) is 12.5 Å². The van der Waals surface area contributed by atoms with E-state index in [0.29, 0.717) is 18.4 Å². The monoisotopic (exact) mass is 415 g/mol. The second-order valence-corrected chi connectivity index (χ2v) is 8.14. The molecule has 1 atom stereocenters. The first-order valence-electron chi connectivity index (χ1n) is 10.7. The van der Waals surface area contributed by atoms with Crippen molar-refractivity contribution in [3.05, 3.63) is 65.6 Å². The first-order valence-corrected chi connectivity index (χ1v) is 10.7. The number of nitrogens with zero attached hydrogens (tertiary/aromatic N) is 5. The molecule has 2 aliphatic heterocycles. The number of imidazole rings is 1. The van der Waals surface area contributed by atoms with E-state index in [1.807, 2.05) is 40.8 Å². The predicted octanol–water partition coefficient (Wildman–Crippen LogP) is 4.05. The Morgan fingerprint density at radius 3 is 2.87 bits per heavy atom. The lowest BCUT2D eigenvalue weighted by Gasteiger charge is -2.31. The summed E-state index contributed by atoms with van der Waals surface area (Å²) in [5.74, 6) is 1.72. The van der Waals surface area contributed by atoms with E-state index in [1.54, 1.807) is 12.6 Å². The van der Waals surface area contributed by atoms with Crippen LogP contribution in [-0.2, 0) is 11.2 Å². The second-order valence-electron chi connectivity index (χ2n) is 8.14. The molecule has 0 spiro atoms. The molecule has 1 amide bonds. The van der Waals surface area contributed by atoms with Crippen molar-refractivity contribution in [2.75, 3.05) is 13.1 Å². The Morgan fingerprint density at radius 1 is 1.26 bits per heavy atom. The van der Waals surface area contributed by atoms with E-state index in [2.05, 4.69) is 34.9 Å². The normalized spacial score (nSPS) is 16.9. The van der Waals surface area contributed by atoms with Crippen LogP contribution < -0.4 is 0 Å². The Labute approximate surface area is 181 Å². The summed E-state index contributed by atoms with van der Waals surface area (Å²) in [6, 6.07) is 6.08. The topological polar surface area (TPSA) is 76.5 Å². The molecule has 31 heavy (non-hydrogen) atoms. The quantitative estimate of drug-likeness (QED) is 0.647. The van der Waals surface area contributed by atoms with Crippen LogP contribution in [0, 0.1) is 6.92 Å². The van der Waals surface area contributed by atoms with Crippen LogP contribution in [0.1, 0.15) is 48.7 Å². The summed E-state index contributed by atoms with van der Waals surface area (Å²) >= 11 is 0. The number of oxazole rings is 1. The summed E-state index contributed by atoms with van der Waals surface area (Å²) in [6.45, 7) is 6.96. The van der Waals surface area contributed by atoms with E-state index in [9.17, 15) is 4.79 Å². The van der Waals surface area contributed by atoms with Crippen LogP contribution in [0.2, 0.25) is 0 Å². The first-order chi connectivity index (χ1) is 15.0. The smallest absolute Gasteiger partial charge is 0.248 e. The van der Waals surface area contributed by atoms with E-state index in [0.717, 1.165) is 52.5 Å². The molecule has 0 N–H and O–H groups in total. The molecule has 5 rings (SSSR count). The van der Waals surface area contributed by atoms with E-state index in [1.165, 1.54) is 0 Å². The van der Waals surface area contributed by atoms with Crippen molar-refractivity contribution in [2.24, 2.45) is 4.99 Å². The fourth-order valence-corrected chi connectivity index (χ4v) is 4.16. The molecule has 0 radical (unpaired) electrons. The number of fused-ring (bicyclic) bond motifs is 3. The Morgan fingerprint density at radius 2 is 2.10 bits per heavy atom. The second kappa shape index (κ2) is 7.65. The molecular weight excluding hydrogens is 390 g/mol. The molecular formula is C24H25N5O2. The van der Waals surface area contributed by atoms with Crippen LogP contribution in [0.25, 0.3) is 17.2 Å². The number of rotatable bonds is 3. The zero-order valence-corrected chi connectivity index (χ0v) is 18.0. The minimum atomic E-state index is 0.00605. The average Bonchev–Trinajstić information content (AvgIpc) is 3.41. The number of carbonyl (C=O) groups is 1. The summed E-state index contributed by atoms with van der Waals surface area (Å²) in [5, 5.41) is 0. The van der Waals surface area contributed by atoms with E-state index < -0.39 is 0 Å². The summed E-state index contributed by atoms with van der Waals surface area (Å²) in [6.07, 6.45) is 9.22. The number of amides is 1. The molecule has 158 valence electrons. The fraction of sp³-hybridized carbons (Fsp3) is 0.333. The molecule has 4 heterocycles. The van der Waals surface area contributed by atoms with Crippen molar-refractivity contribution >= 4 is 17.4 Å². The third kappa shape index (κ3) is 3.40. The van der Waals surface area contributed by atoms with Gasteiger partial charge in [-0.2, -0.15) is 0 Å². The van der Waals surface area contributed by atoms with Crippen molar-refractivity contribution in [1.29, 1.82) is 0 Å². The van der Waals surface area contributed by atoms with Crippen LogP contribution >= 0.6 is 0 Å². The largest absolute Gasteiger partial charge is 0.444 e. The highest BCUT2D eigenvalue weighted by Gasteiger charge is 2.30. The molecule has 0 fully saturated rings. The molecule has 3 aromatic rings. The summed E-state index contributed by atoms with van der Waals surface area (Å²) in [5.41, 5.74) is 5.88. The van der Waals surface area contributed by atoms with Gasteiger partial charge < -0.3 is 9.32 Å². The average molecular weight is 415 g/mol. The van der Waals surface area contributed by atoms with Crippen LogP contribution in [-0.4, -0.2) is 44.3 Å². The molecule has 1 unspecified atom stereocenters. The zero-order chi connectivity index (χ0) is 21.5. The van der Waals surface area contributed by atoms with Gasteiger partial charge in [-0.25, -0.2) is 9.97 Å². The molecule has 0 saturated carbocycles. The molecule has 1 aromatic carbocycles. The van der Waals surface area contributed by atoms with Crippen molar-refractivity contribution in [3.8, 4) is 11.5 Å². The summed E-state index contributed by atoms with van der Waals surface area (Å²) in [7, 11) is 0. The highest BCUT2D eigenvalue weighted by Crippen LogP contribution is 2.36. The lowest BCUT2D eigenvalue weighted by atomic mass is 9.91. The molecule has 7 heteroatoms. The van der Waals surface area contributed by atoms with Gasteiger partial charge in [-0.15, -0.1) is 0 Å². The third-order valence-corrected chi connectivity index (χ3v) is 6.11. The zero-order valence-electron chi connectivity index (χ0n) is 18.0. The first kappa shape index (κ1) is 19.5. The molecule has 0 saturated heterocycles. The number of hydrogen-bond acceptors (Lipinski definition) is 5. The van der Waals surface area contributed by atoms with Gasteiger partial charge in [0.1, 0.15) is 25.0 Å². The summed E-state index contributed by atoms with van der Waals surface area (Å²) in [4.78, 5) is 28.4. The van der Waals surface area contributed by atoms with Crippen LogP contribution in [0.15, 0.2) is 52.5 Å². The third-order valence-electron chi connectivity index (χ3n) is 6.11. The van der Waals surface area contributed by atoms with Crippen molar-refractivity contribution in [3.63, 3.8) is 0 Å². The molecule has 7 nitrogen and oxygen atoms in total. The molecule has 2 aromatic heterocycles. The van der Waals surface area contributed by atoms with Crippen molar-refractivity contribution < 1.29 is 9.21 Å². The highest BCUT2D eigenvalue weighted by atomic mass is 16.3. The maximum absolute atomic E-state index is 12.9. The number of carbonyl (C=O) groups excluding carboxylic acids is 1. The van der Waals surface area contributed by atoms with Gasteiger partial charge in [0.2, 0.25) is 11.8 Å². The van der Waals surface area contributed by atoms with Crippen LogP contribution in [0.5, 0.6) is 0 Å². The number of aryl methyl sites for hydroxylation is 1. The van der Waals surface area contributed by atoms with Gasteiger partial charge in [0.25, 0.3) is 0 Å².